The number of benzene rings is 1. The number of hydrogen-bond acceptors (Lipinski definition) is 2. The Labute approximate surface area is 107 Å². The average Bonchev–Trinajstić information content (AvgIpc) is 2.84. The second-order valence-corrected chi connectivity index (χ2v) is 5.05. The molecule has 2 rings (SSSR count). The number of Topliss-reactive ketones (excluding diaryl/α,β-unsaturated/α-hetero) is 1. The van der Waals surface area contributed by atoms with Gasteiger partial charge in [0.1, 0.15) is 5.75 Å². The molecule has 2 nitrogen and oxygen atoms in total. The smallest absolute Gasteiger partial charge is 0.166 e. The third kappa shape index (κ3) is 2.47. The maximum absolute atomic E-state index is 12.3. The van der Waals surface area contributed by atoms with Crippen molar-refractivity contribution < 1.29 is 9.53 Å². The summed E-state index contributed by atoms with van der Waals surface area (Å²) in [5.74, 6) is 1.06. The number of aryl methyl sites for hydroxylation is 1. The van der Waals surface area contributed by atoms with Gasteiger partial charge in [0.05, 0.1) is 12.1 Å². The van der Waals surface area contributed by atoms with E-state index < -0.39 is 0 Å². The van der Waals surface area contributed by atoms with Gasteiger partial charge in [0.15, 0.2) is 5.78 Å². The topological polar surface area (TPSA) is 26.3 Å². The number of hydrogen-bond donors (Lipinski definition) is 0. The minimum Gasteiger partial charge on any atom is -0.495 e. The lowest BCUT2D eigenvalue weighted by atomic mass is 9.93. The lowest BCUT2D eigenvalue weighted by molar-refractivity contribution is 0.0922. The fourth-order valence-electron chi connectivity index (χ4n) is 2.48. The summed E-state index contributed by atoms with van der Waals surface area (Å²) in [6, 6.07) is 3.58. The Hall–Kier alpha value is -1.02. The zero-order valence-electron chi connectivity index (χ0n) is 10.3. The minimum absolute atomic E-state index is 0.193. The molecule has 0 saturated heterocycles. The number of carbonyl (C=O) groups is 1. The van der Waals surface area contributed by atoms with E-state index in [-0.39, 0.29) is 11.7 Å². The first kappa shape index (κ1) is 12.4. The average molecular weight is 253 g/mol. The Morgan fingerprint density at radius 1 is 1.35 bits per heavy atom. The summed E-state index contributed by atoms with van der Waals surface area (Å²) in [7, 11) is 1.58. The number of halogens is 1. The van der Waals surface area contributed by atoms with Gasteiger partial charge in [0.25, 0.3) is 0 Å². The highest BCUT2D eigenvalue weighted by Crippen LogP contribution is 2.33. The monoisotopic (exact) mass is 252 g/mol. The molecule has 0 atom stereocenters. The molecule has 1 aliphatic carbocycles. The van der Waals surface area contributed by atoms with Crippen molar-refractivity contribution in [1.82, 2.24) is 0 Å². The van der Waals surface area contributed by atoms with Gasteiger partial charge in [-0.3, -0.25) is 4.79 Å². The molecule has 0 spiro atoms. The molecular weight excluding hydrogens is 236 g/mol. The molecule has 1 fully saturated rings. The molecule has 0 unspecified atom stereocenters. The summed E-state index contributed by atoms with van der Waals surface area (Å²) in [4.78, 5) is 12.3. The highest BCUT2D eigenvalue weighted by Gasteiger charge is 2.25. The van der Waals surface area contributed by atoms with Crippen LogP contribution in [0.4, 0.5) is 0 Å². The van der Waals surface area contributed by atoms with E-state index in [0.717, 1.165) is 24.0 Å². The molecule has 0 heterocycles. The molecule has 0 bridgehead atoms. The van der Waals surface area contributed by atoms with Gasteiger partial charge in [-0.15, -0.1) is 0 Å². The van der Waals surface area contributed by atoms with E-state index in [1.54, 1.807) is 13.2 Å². The van der Waals surface area contributed by atoms with Gasteiger partial charge in [-0.1, -0.05) is 24.4 Å². The van der Waals surface area contributed by atoms with Crippen LogP contribution in [0.5, 0.6) is 5.75 Å². The quantitative estimate of drug-likeness (QED) is 0.760. The van der Waals surface area contributed by atoms with E-state index in [4.69, 9.17) is 16.3 Å². The second kappa shape index (κ2) is 5.09. The fourth-order valence-corrected chi connectivity index (χ4v) is 2.73. The Bertz CT molecular complexity index is 434. The SMILES string of the molecule is COc1cc(C)c(C(=O)C2CCCC2)cc1Cl. The van der Waals surface area contributed by atoms with Crippen LogP contribution in [0.25, 0.3) is 0 Å². The van der Waals surface area contributed by atoms with E-state index in [9.17, 15) is 4.79 Å². The largest absolute Gasteiger partial charge is 0.495 e. The van der Waals surface area contributed by atoms with E-state index >= 15 is 0 Å². The molecule has 0 amide bonds. The first-order chi connectivity index (χ1) is 8.13. The Kier molecular flexibility index (Phi) is 3.72. The normalized spacial score (nSPS) is 16.2. The molecule has 1 aliphatic rings. The molecule has 0 aromatic heterocycles. The summed E-state index contributed by atoms with van der Waals surface area (Å²) in [5.41, 5.74) is 1.70. The first-order valence-corrected chi connectivity index (χ1v) is 6.39. The van der Waals surface area contributed by atoms with Crippen molar-refractivity contribution in [1.29, 1.82) is 0 Å². The number of ketones is 1. The van der Waals surface area contributed by atoms with Crippen LogP contribution in [-0.2, 0) is 0 Å². The highest BCUT2D eigenvalue weighted by molar-refractivity contribution is 6.32. The van der Waals surface area contributed by atoms with Gasteiger partial charge in [-0.25, -0.2) is 0 Å². The zero-order chi connectivity index (χ0) is 12.4. The summed E-state index contributed by atoms with van der Waals surface area (Å²) in [5, 5.41) is 0.513. The van der Waals surface area contributed by atoms with Crippen molar-refractivity contribution in [3.63, 3.8) is 0 Å². The van der Waals surface area contributed by atoms with E-state index in [2.05, 4.69) is 0 Å². The van der Waals surface area contributed by atoms with Crippen molar-refractivity contribution in [2.45, 2.75) is 32.6 Å². The molecule has 3 heteroatoms. The third-order valence-corrected chi connectivity index (χ3v) is 3.79. The molecule has 92 valence electrons. The van der Waals surface area contributed by atoms with Gasteiger partial charge >= 0.3 is 0 Å². The van der Waals surface area contributed by atoms with E-state index in [1.807, 2.05) is 13.0 Å². The van der Waals surface area contributed by atoms with Crippen molar-refractivity contribution in [3.05, 3.63) is 28.3 Å². The zero-order valence-corrected chi connectivity index (χ0v) is 11.0. The highest BCUT2D eigenvalue weighted by atomic mass is 35.5. The third-order valence-electron chi connectivity index (χ3n) is 3.49. The second-order valence-electron chi connectivity index (χ2n) is 4.65. The van der Waals surface area contributed by atoms with Gasteiger partial charge in [-0.05, 0) is 37.5 Å². The Morgan fingerprint density at radius 2 is 2.00 bits per heavy atom. The van der Waals surface area contributed by atoms with Crippen LogP contribution in [0, 0.1) is 12.8 Å². The lowest BCUT2D eigenvalue weighted by Crippen LogP contribution is -2.12. The maximum atomic E-state index is 12.3. The predicted molar refractivity (Wildman–Crippen MR) is 69.0 cm³/mol. The fraction of sp³-hybridized carbons (Fsp3) is 0.500. The molecule has 1 saturated carbocycles. The van der Waals surface area contributed by atoms with Crippen molar-refractivity contribution >= 4 is 17.4 Å². The molecule has 1 aromatic rings. The van der Waals surface area contributed by atoms with Gasteiger partial charge in [0, 0.05) is 11.5 Å². The number of rotatable bonds is 3. The minimum atomic E-state index is 0.193. The molecule has 0 radical (unpaired) electrons. The van der Waals surface area contributed by atoms with Crippen LogP contribution < -0.4 is 4.74 Å². The van der Waals surface area contributed by atoms with Crippen LogP contribution in [0.3, 0.4) is 0 Å². The Morgan fingerprint density at radius 3 is 2.59 bits per heavy atom. The summed E-state index contributed by atoms with van der Waals surface area (Å²) in [6.07, 6.45) is 4.36. The van der Waals surface area contributed by atoms with Crippen LogP contribution in [-0.4, -0.2) is 12.9 Å². The van der Waals surface area contributed by atoms with E-state index in [0.29, 0.717) is 10.8 Å². The number of ether oxygens (including phenoxy) is 1. The lowest BCUT2D eigenvalue weighted by Gasteiger charge is -2.12. The summed E-state index contributed by atoms with van der Waals surface area (Å²) >= 11 is 6.08. The first-order valence-electron chi connectivity index (χ1n) is 6.02. The summed E-state index contributed by atoms with van der Waals surface area (Å²) in [6.45, 7) is 1.93. The molecule has 0 N–H and O–H groups in total. The van der Waals surface area contributed by atoms with Crippen molar-refractivity contribution in [2.75, 3.05) is 7.11 Å². The van der Waals surface area contributed by atoms with Crippen molar-refractivity contribution in [3.8, 4) is 5.75 Å². The number of methoxy groups -OCH3 is 1. The maximum Gasteiger partial charge on any atom is 0.166 e. The predicted octanol–water partition coefficient (Wildman–Crippen LogP) is 4.03. The number of carbonyl (C=O) groups excluding carboxylic acids is 1. The van der Waals surface area contributed by atoms with Crippen LogP contribution in [0.2, 0.25) is 5.02 Å². The summed E-state index contributed by atoms with van der Waals surface area (Å²) < 4.78 is 5.14. The standard InChI is InChI=1S/C14H17ClO2/c1-9-7-13(17-2)12(15)8-11(9)14(16)10-5-3-4-6-10/h7-8,10H,3-6H2,1-2H3. The van der Waals surface area contributed by atoms with Gasteiger partial charge < -0.3 is 4.74 Å². The van der Waals surface area contributed by atoms with E-state index in [1.165, 1.54) is 12.8 Å². The van der Waals surface area contributed by atoms with Gasteiger partial charge in [0.2, 0.25) is 0 Å². The molecular formula is C14H17ClO2. The molecule has 17 heavy (non-hydrogen) atoms. The van der Waals surface area contributed by atoms with Gasteiger partial charge in [-0.2, -0.15) is 0 Å². The van der Waals surface area contributed by atoms with Crippen LogP contribution in [0.15, 0.2) is 12.1 Å². The molecule has 0 aliphatic heterocycles. The Balaban J connectivity index is 2.31. The molecule has 1 aromatic carbocycles. The van der Waals surface area contributed by atoms with Crippen LogP contribution in [0.1, 0.15) is 41.6 Å². The van der Waals surface area contributed by atoms with Crippen LogP contribution >= 0.6 is 11.6 Å². The van der Waals surface area contributed by atoms with Crippen molar-refractivity contribution in [2.24, 2.45) is 5.92 Å².